The zero-order valence-electron chi connectivity index (χ0n) is 13.0. The van der Waals surface area contributed by atoms with E-state index in [2.05, 4.69) is 4.74 Å². The molecule has 1 aromatic rings. The molecule has 1 aliphatic heterocycles. The second-order valence-corrected chi connectivity index (χ2v) is 5.76. The van der Waals surface area contributed by atoms with Crippen molar-refractivity contribution in [2.75, 3.05) is 13.1 Å². The molecule has 0 radical (unpaired) electrons. The third-order valence-corrected chi connectivity index (χ3v) is 3.90. The Morgan fingerprint density at radius 2 is 1.81 bits per heavy atom. The maximum atomic E-state index is 12.9. The first-order valence-electron chi connectivity index (χ1n) is 7.29. The SMILES string of the molecule is O=C(O)[C@@H]1CN(C(=O)Cc2cccc(OC(F)(F)F)c2)C[C@H]1C(F)(F)F. The minimum atomic E-state index is -4.92. The van der Waals surface area contributed by atoms with Crippen LogP contribution in [0.4, 0.5) is 26.3 Å². The number of aliphatic carboxylic acids is 1. The molecule has 26 heavy (non-hydrogen) atoms. The lowest BCUT2D eigenvalue weighted by atomic mass is 9.96. The van der Waals surface area contributed by atoms with Gasteiger partial charge in [-0.3, -0.25) is 9.59 Å². The fraction of sp³-hybridized carbons (Fsp3) is 0.467. The third kappa shape index (κ3) is 5.02. The molecule has 0 aromatic heterocycles. The van der Waals surface area contributed by atoms with E-state index in [9.17, 15) is 35.9 Å². The van der Waals surface area contributed by atoms with Crippen molar-refractivity contribution in [3.8, 4) is 5.75 Å². The zero-order valence-corrected chi connectivity index (χ0v) is 13.0. The molecule has 0 aliphatic carbocycles. The summed E-state index contributed by atoms with van der Waals surface area (Å²) >= 11 is 0. The van der Waals surface area contributed by atoms with Gasteiger partial charge >= 0.3 is 18.5 Å². The molecule has 1 heterocycles. The van der Waals surface area contributed by atoms with Gasteiger partial charge in [-0.15, -0.1) is 13.2 Å². The number of carbonyl (C=O) groups is 2. The molecule has 1 aromatic carbocycles. The number of carbonyl (C=O) groups excluding carboxylic acids is 1. The monoisotopic (exact) mass is 385 g/mol. The average Bonchev–Trinajstić information content (AvgIpc) is 2.91. The number of likely N-dealkylation sites (tertiary alicyclic amines) is 1. The summed E-state index contributed by atoms with van der Waals surface area (Å²) < 4.78 is 79.1. The van der Waals surface area contributed by atoms with Gasteiger partial charge in [0.05, 0.1) is 18.3 Å². The van der Waals surface area contributed by atoms with Gasteiger partial charge < -0.3 is 14.7 Å². The molecule has 0 spiro atoms. The lowest BCUT2D eigenvalue weighted by molar-refractivity contribution is -0.274. The number of halogens is 6. The van der Waals surface area contributed by atoms with E-state index in [1.807, 2.05) is 0 Å². The van der Waals surface area contributed by atoms with Crippen LogP contribution in [0.5, 0.6) is 5.75 Å². The highest BCUT2D eigenvalue weighted by molar-refractivity contribution is 5.81. The minimum Gasteiger partial charge on any atom is -0.481 e. The lowest BCUT2D eigenvalue weighted by Gasteiger charge is -2.18. The molecule has 0 bridgehead atoms. The van der Waals surface area contributed by atoms with E-state index in [-0.39, 0.29) is 5.56 Å². The summed E-state index contributed by atoms with van der Waals surface area (Å²) in [6.07, 6.45) is -10.2. The molecule has 2 atom stereocenters. The Morgan fingerprint density at radius 3 is 2.31 bits per heavy atom. The minimum absolute atomic E-state index is 0.0964. The molecule has 1 amide bonds. The predicted molar refractivity (Wildman–Crippen MR) is 74.1 cm³/mol. The summed E-state index contributed by atoms with van der Waals surface area (Å²) in [6.45, 7) is -1.42. The van der Waals surface area contributed by atoms with Crippen LogP contribution in [0.1, 0.15) is 5.56 Å². The van der Waals surface area contributed by atoms with Crippen molar-refractivity contribution < 1.29 is 45.8 Å². The Hall–Kier alpha value is -2.46. The van der Waals surface area contributed by atoms with Crippen molar-refractivity contribution in [2.45, 2.75) is 19.0 Å². The summed E-state index contributed by atoms with van der Waals surface area (Å²) in [5.74, 6) is -7.01. The van der Waals surface area contributed by atoms with Gasteiger partial charge in [0.2, 0.25) is 5.91 Å². The van der Waals surface area contributed by atoms with Crippen molar-refractivity contribution >= 4 is 11.9 Å². The second kappa shape index (κ2) is 7.04. The van der Waals surface area contributed by atoms with Crippen LogP contribution in [0, 0.1) is 11.8 Å². The molecule has 0 saturated carbocycles. The maximum absolute atomic E-state index is 12.9. The number of rotatable bonds is 4. The maximum Gasteiger partial charge on any atom is 0.573 e. The van der Waals surface area contributed by atoms with Gasteiger partial charge in [0.25, 0.3) is 0 Å². The molecule has 1 saturated heterocycles. The molecule has 0 unspecified atom stereocenters. The predicted octanol–water partition coefficient (Wildman–Crippen LogP) is 2.85. The van der Waals surface area contributed by atoms with E-state index in [4.69, 9.17) is 5.11 Å². The molecule has 1 fully saturated rings. The van der Waals surface area contributed by atoms with Crippen molar-refractivity contribution in [2.24, 2.45) is 11.8 Å². The Kier molecular flexibility index (Phi) is 5.38. The number of amides is 1. The summed E-state index contributed by atoms with van der Waals surface area (Å²) in [6, 6.07) is 4.47. The van der Waals surface area contributed by atoms with E-state index in [1.54, 1.807) is 0 Å². The Balaban J connectivity index is 2.09. The number of alkyl halides is 6. The van der Waals surface area contributed by atoms with Crippen molar-refractivity contribution in [1.29, 1.82) is 0 Å². The molecule has 5 nitrogen and oxygen atoms in total. The fourth-order valence-corrected chi connectivity index (χ4v) is 2.73. The summed E-state index contributed by atoms with van der Waals surface area (Å²) in [4.78, 5) is 23.9. The summed E-state index contributed by atoms with van der Waals surface area (Å²) in [7, 11) is 0. The molecular formula is C15H13F6NO4. The largest absolute Gasteiger partial charge is 0.573 e. The van der Waals surface area contributed by atoms with Crippen molar-refractivity contribution in [1.82, 2.24) is 4.90 Å². The Bertz CT molecular complexity index is 687. The van der Waals surface area contributed by atoms with Crippen LogP contribution in [-0.2, 0) is 16.0 Å². The normalized spacial score (nSPS) is 20.9. The number of nitrogens with zero attached hydrogens (tertiary/aromatic N) is 1. The van der Waals surface area contributed by atoms with Crippen LogP contribution >= 0.6 is 0 Å². The van der Waals surface area contributed by atoms with Gasteiger partial charge in [0.15, 0.2) is 0 Å². The molecule has 2 rings (SSSR count). The highest BCUT2D eigenvalue weighted by Crippen LogP contribution is 2.38. The summed E-state index contributed by atoms with van der Waals surface area (Å²) in [5.41, 5.74) is 0.0964. The van der Waals surface area contributed by atoms with E-state index < -0.39 is 61.5 Å². The number of hydrogen-bond acceptors (Lipinski definition) is 3. The third-order valence-electron chi connectivity index (χ3n) is 3.90. The van der Waals surface area contributed by atoms with Crippen LogP contribution in [-0.4, -0.2) is 47.5 Å². The number of ether oxygens (including phenoxy) is 1. The molecule has 1 aliphatic rings. The zero-order chi connectivity index (χ0) is 19.7. The van der Waals surface area contributed by atoms with E-state index in [0.29, 0.717) is 0 Å². The fourth-order valence-electron chi connectivity index (χ4n) is 2.73. The van der Waals surface area contributed by atoms with E-state index >= 15 is 0 Å². The van der Waals surface area contributed by atoms with Crippen LogP contribution in [0.25, 0.3) is 0 Å². The molecule has 1 N–H and O–H groups in total. The highest BCUT2D eigenvalue weighted by Gasteiger charge is 2.53. The Morgan fingerprint density at radius 1 is 1.15 bits per heavy atom. The standard InChI is InChI=1S/C15H13F6NO4/c16-14(17,18)11-7-22(6-10(11)13(24)25)12(23)5-8-2-1-3-9(4-8)26-15(19,20)21/h1-4,10-11H,5-7H2,(H,24,25)/t10-,11-/m1/s1. The van der Waals surface area contributed by atoms with Gasteiger partial charge in [-0.25, -0.2) is 0 Å². The van der Waals surface area contributed by atoms with E-state index in [1.165, 1.54) is 12.1 Å². The van der Waals surface area contributed by atoms with Crippen LogP contribution < -0.4 is 4.74 Å². The van der Waals surface area contributed by atoms with Crippen molar-refractivity contribution in [3.05, 3.63) is 29.8 Å². The quantitative estimate of drug-likeness (QED) is 0.810. The number of benzene rings is 1. The second-order valence-electron chi connectivity index (χ2n) is 5.76. The van der Waals surface area contributed by atoms with Gasteiger partial charge in [-0.2, -0.15) is 13.2 Å². The Labute approximate surface area is 143 Å². The number of hydrogen-bond donors (Lipinski definition) is 1. The number of carboxylic acid groups (broad SMARTS) is 1. The average molecular weight is 385 g/mol. The van der Waals surface area contributed by atoms with Gasteiger partial charge in [0.1, 0.15) is 5.75 Å². The lowest BCUT2D eigenvalue weighted by Crippen LogP contribution is -2.34. The van der Waals surface area contributed by atoms with Crippen LogP contribution in [0.2, 0.25) is 0 Å². The van der Waals surface area contributed by atoms with Gasteiger partial charge in [-0.1, -0.05) is 12.1 Å². The first-order valence-corrected chi connectivity index (χ1v) is 7.29. The summed E-state index contributed by atoms with van der Waals surface area (Å²) in [5, 5.41) is 8.92. The van der Waals surface area contributed by atoms with Crippen LogP contribution in [0.3, 0.4) is 0 Å². The topological polar surface area (TPSA) is 66.8 Å². The molecule has 11 heteroatoms. The van der Waals surface area contributed by atoms with Crippen molar-refractivity contribution in [3.63, 3.8) is 0 Å². The smallest absolute Gasteiger partial charge is 0.481 e. The van der Waals surface area contributed by atoms with Gasteiger partial charge in [0, 0.05) is 13.1 Å². The first kappa shape index (κ1) is 19.9. The highest BCUT2D eigenvalue weighted by atomic mass is 19.4. The number of carboxylic acids is 1. The molecular weight excluding hydrogens is 372 g/mol. The first-order chi connectivity index (χ1) is 11.9. The molecule has 144 valence electrons. The van der Waals surface area contributed by atoms with E-state index in [0.717, 1.165) is 17.0 Å². The van der Waals surface area contributed by atoms with Crippen LogP contribution in [0.15, 0.2) is 24.3 Å². The van der Waals surface area contributed by atoms with Gasteiger partial charge in [-0.05, 0) is 17.7 Å².